The van der Waals surface area contributed by atoms with Crippen molar-refractivity contribution in [3.63, 3.8) is 0 Å². The first-order valence-corrected chi connectivity index (χ1v) is 9.49. The lowest BCUT2D eigenvalue weighted by Crippen LogP contribution is -2.23. The summed E-state index contributed by atoms with van der Waals surface area (Å²) < 4.78 is 0. The summed E-state index contributed by atoms with van der Waals surface area (Å²) in [5.74, 6) is 4.53. The molecule has 0 amide bonds. The van der Waals surface area contributed by atoms with E-state index in [4.69, 9.17) is 0 Å². The predicted octanol–water partition coefficient (Wildman–Crippen LogP) is 5.90. The highest BCUT2D eigenvalue weighted by molar-refractivity contribution is 7.99. The van der Waals surface area contributed by atoms with Gasteiger partial charge in [-0.3, -0.25) is 0 Å². The topological polar surface area (TPSA) is 0 Å². The second kappa shape index (κ2) is 7.82. The molecular formula is C17H32S. The summed E-state index contributed by atoms with van der Waals surface area (Å²) >= 11 is 2.24. The first kappa shape index (κ1) is 14.8. The Labute approximate surface area is 119 Å². The number of thioether (sulfide) groups is 1. The third-order valence-electron chi connectivity index (χ3n) is 5.37. The molecule has 2 aliphatic carbocycles. The quantitative estimate of drug-likeness (QED) is 0.540. The average molecular weight is 269 g/mol. The lowest BCUT2D eigenvalue weighted by molar-refractivity contribution is 0.186. The van der Waals surface area contributed by atoms with E-state index in [2.05, 4.69) is 25.6 Å². The second-order valence-electron chi connectivity index (χ2n) is 6.56. The van der Waals surface area contributed by atoms with Gasteiger partial charge in [-0.15, -0.1) is 0 Å². The van der Waals surface area contributed by atoms with Gasteiger partial charge in [0, 0.05) is 5.25 Å². The van der Waals surface area contributed by atoms with Gasteiger partial charge in [0.1, 0.15) is 0 Å². The molecule has 0 spiro atoms. The van der Waals surface area contributed by atoms with Crippen LogP contribution >= 0.6 is 11.8 Å². The zero-order valence-electron chi connectivity index (χ0n) is 12.5. The van der Waals surface area contributed by atoms with Crippen molar-refractivity contribution in [3.05, 3.63) is 0 Å². The largest absolute Gasteiger partial charge is 0.159 e. The molecule has 0 aromatic rings. The molecule has 3 unspecified atom stereocenters. The van der Waals surface area contributed by atoms with Crippen molar-refractivity contribution in [2.45, 2.75) is 83.3 Å². The monoisotopic (exact) mass is 268 g/mol. The van der Waals surface area contributed by atoms with Crippen LogP contribution in [-0.4, -0.2) is 11.0 Å². The van der Waals surface area contributed by atoms with Crippen molar-refractivity contribution in [1.82, 2.24) is 0 Å². The molecule has 1 heteroatoms. The molecule has 106 valence electrons. The molecule has 0 aromatic heterocycles. The molecule has 18 heavy (non-hydrogen) atoms. The summed E-state index contributed by atoms with van der Waals surface area (Å²) in [5, 5.41) is 0.984. The van der Waals surface area contributed by atoms with Gasteiger partial charge >= 0.3 is 0 Å². The van der Waals surface area contributed by atoms with E-state index < -0.39 is 0 Å². The molecule has 0 aromatic carbocycles. The zero-order chi connectivity index (χ0) is 12.8. The third kappa shape index (κ3) is 4.18. The average Bonchev–Trinajstić information content (AvgIpc) is 2.54. The number of hydrogen-bond acceptors (Lipinski definition) is 1. The molecule has 0 radical (unpaired) electrons. The standard InChI is InChI=1S/C17H32S/c1-3-15(12-14-8-7-9-14)16-10-5-6-11-17(13-16)18-4-2/h14-17H,3-13H2,1-2H3. The maximum atomic E-state index is 2.44. The Bertz CT molecular complexity index is 222. The van der Waals surface area contributed by atoms with Gasteiger partial charge in [0.25, 0.3) is 0 Å². The first-order chi connectivity index (χ1) is 8.83. The van der Waals surface area contributed by atoms with Crippen LogP contribution in [0.25, 0.3) is 0 Å². The minimum absolute atomic E-state index is 0.984. The van der Waals surface area contributed by atoms with Gasteiger partial charge < -0.3 is 0 Å². The summed E-state index contributed by atoms with van der Waals surface area (Å²) in [6.45, 7) is 4.77. The van der Waals surface area contributed by atoms with Crippen molar-refractivity contribution >= 4 is 11.8 Å². The second-order valence-corrected chi connectivity index (χ2v) is 8.14. The minimum Gasteiger partial charge on any atom is -0.159 e. The van der Waals surface area contributed by atoms with Crippen LogP contribution in [0.4, 0.5) is 0 Å². The Hall–Kier alpha value is 0.350. The van der Waals surface area contributed by atoms with E-state index in [1.165, 1.54) is 63.5 Å². The van der Waals surface area contributed by atoms with E-state index in [0.29, 0.717) is 0 Å². The van der Waals surface area contributed by atoms with Crippen molar-refractivity contribution in [2.24, 2.45) is 17.8 Å². The highest BCUT2D eigenvalue weighted by Crippen LogP contribution is 2.41. The highest BCUT2D eigenvalue weighted by atomic mass is 32.2. The van der Waals surface area contributed by atoms with Gasteiger partial charge in [-0.25, -0.2) is 0 Å². The van der Waals surface area contributed by atoms with Gasteiger partial charge in [-0.2, -0.15) is 11.8 Å². The van der Waals surface area contributed by atoms with Crippen LogP contribution in [0.15, 0.2) is 0 Å². The lowest BCUT2D eigenvalue weighted by Gasteiger charge is -2.34. The van der Waals surface area contributed by atoms with E-state index in [1.807, 2.05) is 0 Å². The van der Waals surface area contributed by atoms with Gasteiger partial charge in [0.05, 0.1) is 0 Å². The molecule has 2 rings (SSSR count). The molecule has 0 heterocycles. The number of rotatable bonds is 6. The van der Waals surface area contributed by atoms with Crippen LogP contribution in [0.5, 0.6) is 0 Å². The van der Waals surface area contributed by atoms with Gasteiger partial charge in [0.2, 0.25) is 0 Å². The third-order valence-corrected chi connectivity index (χ3v) is 6.60. The smallest absolute Gasteiger partial charge is 0.00496 e. The fourth-order valence-corrected chi connectivity index (χ4v) is 5.20. The van der Waals surface area contributed by atoms with Gasteiger partial charge in [-0.1, -0.05) is 58.8 Å². The first-order valence-electron chi connectivity index (χ1n) is 8.45. The molecule has 2 saturated carbocycles. The van der Waals surface area contributed by atoms with Crippen molar-refractivity contribution in [3.8, 4) is 0 Å². The fourth-order valence-electron chi connectivity index (χ4n) is 4.02. The molecule has 0 N–H and O–H groups in total. The summed E-state index contributed by atoms with van der Waals surface area (Å²) in [6.07, 6.45) is 15.1. The van der Waals surface area contributed by atoms with Crippen molar-refractivity contribution in [1.29, 1.82) is 0 Å². The maximum absolute atomic E-state index is 2.44. The maximum Gasteiger partial charge on any atom is 0.00496 e. The molecule has 0 nitrogen and oxygen atoms in total. The molecule has 0 aliphatic heterocycles. The van der Waals surface area contributed by atoms with Crippen LogP contribution in [0, 0.1) is 17.8 Å². The molecular weight excluding hydrogens is 236 g/mol. The molecule has 3 atom stereocenters. The van der Waals surface area contributed by atoms with Crippen molar-refractivity contribution in [2.75, 3.05) is 5.75 Å². The summed E-state index contributed by atoms with van der Waals surface area (Å²) in [6, 6.07) is 0. The zero-order valence-corrected chi connectivity index (χ0v) is 13.3. The Kier molecular flexibility index (Phi) is 6.41. The van der Waals surface area contributed by atoms with E-state index in [1.54, 1.807) is 6.42 Å². The Morgan fingerprint density at radius 2 is 1.78 bits per heavy atom. The van der Waals surface area contributed by atoms with Crippen molar-refractivity contribution < 1.29 is 0 Å². The summed E-state index contributed by atoms with van der Waals surface area (Å²) in [5.41, 5.74) is 0. The molecule has 2 fully saturated rings. The highest BCUT2D eigenvalue weighted by Gasteiger charge is 2.29. The predicted molar refractivity (Wildman–Crippen MR) is 84.2 cm³/mol. The van der Waals surface area contributed by atoms with Gasteiger partial charge in [-0.05, 0) is 42.8 Å². The molecule has 0 saturated heterocycles. The van der Waals surface area contributed by atoms with Crippen LogP contribution in [0.2, 0.25) is 0 Å². The van der Waals surface area contributed by atoms with E-state index in [9.17, 15) is 0 Å². The van der Waals surface area contributed by atoms with E-state index >= 15 is 0 Å². The van der Waals surface area contributed by atoms with Crippen LogP contribution in [-0.2, 0) is 0 Å². The lowest BCUT2D eigenvalue weighted by atomic mass is 9.73. The summed E-state index contributed by atoms with van der Waals surface area (Å²) in [7, 11) is 0. The minimum atomic E-state index is 0.984. The Balaban J connectivity index is 1.85. The van der Waals surface area contributed by atoms with Crippen LogP contribution in [0.1, 0.15) is 78.1 Å². The Morgan fingerprint density at radius 3 is 2.39 bits per heavy atom. The Morgan fingerprint density at radius 1 is 1.00 bits per heavy atom. The van der Waals surface area contributed by atoms with Crippen LogP contribution in [0.3, 0.4) is 0 Å². The van der Waals surface area contributed by atoms with Crippen LogP contribution < -0.4 is 0 Å². The van der Waals surface area contributed by atoms with E-state index in [0.717, 1.165) is 23.0 Å². The molecule has 2 aliphatic rings. The fraction of sp³-hybridized carbons (Fsp3) is 1.00. The molecule has 0 bridgehead atoms. The normalized spacial score (nSPS) is 31.7. The van der Waals surface area contributed by atoms with E-state index in [-0.39, 0.29) is 0 Å². The summed E-state index contributed by atoms with van der Waals surface area (Å²) in [4.78, 5) is 0. The van der Waals surface area contributed by atoms with Gasteiger partial charge in [0.15, 0.2) is 0 Å². The number of hydrogen-bond donors (Lipinski definition) is 0. The SMILES string of the molecule is CCSC1CCCCC(C(CC)CC2CCC2)C1.